The van der Waals surface area contributed by atoms with E-state index in [2.05, 4.69) is 10.2 Å². The monoisotopic (exact) mass is 404 g/mol. The number of carbonyl (C=O) groups is 1. The van der Waals surface area contributed by atoms with Crippen LogP contribution >= 0.6 is 0 Å². The van der Waals surface area contributed by atoms with E-state index < -0.39 is 5.43 Å². The third kappa shape index (κ3) is 2.95. The molecule has 2 N–H and O–H groups in total. The largest absolute Gasteiger partial charge is 0.507 e. The summed E-state index contributed by atoms with van der Waals surface area (Å²) in [6.07, 6.45) is 0.533. The summed E-state index contributed by atoms with van der Waals surface area (Å²) in [7, 11) is 2.68. The maximum Gasteiger partial charge on any atom is 0.248 e. The van der Waals surface area contributed by atoms with Crippen molar-refractivity contribution in [3.05, 3.63) is 79.6 Å². The average Bonchev–Trinajstić information content (AvgIpc) is 2.89. The normalized spacial score (nSPS) is 12.1. The molecule has 8 heteroatoms. The Hall–Kier alpha value is -4.20. The van der Waals surface area contributed by atoms with E-state index in [1.165, 1.54) is 32.4 Å². The van der Waals surface area contributed by atoms with Gasteiger partial charge in [-0.15, -0.1) is 5.10 Å². The fourth-order valence-corrected chi connectivity index (χ4v) is 3.38. The summed E-state index contributed by atoms with van der Waals surface area (Å²) >= 11 is 0. The number of aromatic nitrogens is 2. The maximum absolute atomic E-state index is 12.8. The SMILES string of the molecule is COc1cc(C=O)c(/C(O)=c2\cc(OC)c(=O)c3nnc4cccc(c4)c2=3)cc1O. The molecule has 4 rings (SSSR count). The van der Waals surface area contributed by atoms with E-state index in [9.17, 15) is 19.8 Å². The van der Waals surface area contributed by atoms with E-state index in [-0.39, 0.29) is 44.7 Å². The number of phenols is 1. The number of hydrogen-bond donors (Lipinski definition) is 2. The van der Waals surface area contributed by atoms with Gasteiger partial charge in [0.1, 0.15) is 11.1 Å². The minimum Gasteiger partial charge on any atom is -0.507 e. The van der Waals surface area contributed by atoms with Crippen LogP contribution in [0, 0.1) is 10.6 Å². The fourth-order valence-electron chi connectivity index (χ4n) is 3.38. The van der Waals surface area contributed by atoms with Gasteiger partial charge >= 0.3 is 0 Å². The van der Waals surface area contributed by atoms with Crippen LogP contribution in [0.25, 0.3) is 16.7 Å². The molecular weight excluding hydrogens is 388 g/mol. The average molecular weight is 404 g/mol. The van der Waals surface area contributed by atoms with Crippen LogP contribution in [0.1, 0.15) is 15.9 Å². The molecule has 2 aliphatic rings. The molecule has 0 atom stereocenters. The Kier molecular flexibility index (Phi) is 4.67. The summed E-state index contributed by atoms with van der Waals surface area (Å²) in [5.41, 5.74) is 0.209. The molecule has 0 amide bonds. The van der Waals surface area contributed by atoms with Crippen molar-refractivity contribution in [2.75, 3.05) is 14.2 Å². The highest BCUT2D eigenvalue weighted by Gasteiger charge is 2.16. The van der Waals surface area contributed by atoms with E-state index in [1.807, 2.05) is 0 Å². The van der Waals surface area contributed by atoms with E-state index >= 15 is 0 Å². The van der Waals surface area contributed by atoms with Crippen LogP contribution < -0.4 is 20.1 Å². The van der Waals surface area contributed by atoms with Crippen LogP contribution in [0.4, 0.5) is 0 Å². The first-order valence-electron chi connectivity index (χ1n) is 8.85. The van der Waals surface area contributed by atoms with Crippen molar-refractivity contribution in [3.8, 4) is 17.2 Å². The molecule has 2 bridgehead atoms. The summed E-state index contributed by atoms with van der Waals surface area (Å²) in [5, 5.41) is 30.6. The molecule has 0 aromatic heterocycles. The number of ether oxygens (including phenoxy) is 2. The molecule has 8 nitrogen and oxygen atoms in total. The van der Waals surface area contributed by atoms with Crippen molar-refractivity contribution in [3.63, 3.8) is 0 Å². The number of rotatable bonds is 4. The lowest BCUT2D eigenvalue weighted by molar-refractivity contribution is 0.112. The third-order valence-electron chi connectivity index (χ3n) is 4.83. The van der Waals surface area contributed by atoms with Crippen molar-refractivity contribution in [1.29, 1.82) is 0 Å². The summed E-state index contributed by atoms with van der Waals surface area (Å²) in [4.78, 5) is 24.4. The zero-order valence-corrected chi connectivity index (χ0v) is 16.0. The molecule has 1 aliphatic heterocycles. The van der Waals surface area contributed by atoms with Gasteiger partial charge in [0.15, 0.2) is 23.5 Å². The Morgan fingerprint density at radius 2 is 1.80 bits per heavy atom. The van der Waals surface area contributed by atoms with Crippen molar-refractivity contribution in [1.82, 2.24) is 10.2 Å². The molecule has 0 fully saturated rings. The predicted molar refractivity (Wildman–Crippen MR) is 108 cm³/mol. The Labute approximate surface area is 169 Å². The number of benzene rings is 2. The van der Waals surface area contributed by atoms with Gasteiger partial charge in [-0.3, -0.25) is 9.59 Å². The Balaban J connectivity index is 2.29. The van der Waals surface area contributed by atoms with Crippen molar-refractivity contribution in [2.24, 2.45) is 0 Å². The lowest BCUT2D eigenvalue weighted by Crippen LogP contribution is -2.20. The Morgan fingerprint density at radius 3 is 2.50 bits per heavy atom. The number of methoxy groups -OCH3 is 2. The predicted octanol–water partition coefficient (Wildman–Crippen LogP) is 1.68. The van der Waals surface area contributed by atoms with Gasteiger partial charge in [-0.25, -0.2) is 0 Å². The molecule has 0 saturated heterocycles. The first-order chi connectivity index (χ1) is 14.5. The molecule has 1 heterocycles. The number of carbonyl (C=O) groups excluding carboxylic acids is 1. The van der Waals surface area contributed by atoms with E-state index in [0.29, 0.717) is 22.4 Å². The van der Waals surface area contributed by atoms with Gasteiger partial charge in [-0.2, -0.15) is 5.10 Å². The van der Waals surface area contributed by atoms with E-state index in [1.54, 1.807) is 24.3 Å². The molecule has 30 heavy (non-hydrogen) atoms. The lowest BCUT2D eigenvalue weighted by Gasteiger charge is -2.10. The molecule has 0 radical (unpaired) electrons. The minimum atomic E-state index is -0.483. The second kappa shape index (κ2) is 7.32. The van der Waals surface area contributed by atoms with Gasteiger partial charge in [-0.1, -0.05) is 12.1 Å². The summed E-state index contributed by atoms with van der Waals surface area (Å²) in [5.74, 6) is -0.562. The molecule has 0 unspecified atom stereocenters. The van der Waals surface area contributed by atoms with Crippen molar-refractivity contribution >= 4 is 22.9 Å². The van der Waals surface area contributed by atoms with Crippen molar-refractivity contribution < 1.29 is 24.5 Å². The van der Waals surface area contributed by atoms with Crippen molar-refractivity contribution in [2.45, 2.75) is 0 Å². The molecule has 1 aliphatic carbocycles. The number of nitrogens with zero attached hydrogens (tertiary/aromatic N) is 2. The van der Waals surface area contributed by atoms with Crippen LogP contribution in [0.3, 0.4) is 0 Å². The summed E-state index contributed by atoms with van der Waals surface area (Å²) in [6, 6.07) is 10.9. The quantitative estimate of drug-likeness (QED) is 0.493. The maximum atomic E-state index is 12.8. The molecule has 2 aromatic rings. The van der Waals surface area contributed by atoms with E-state index in [0.717, 1.165) is 0 Å². The van der Waals surface area contributed by atoms with Crippen LogP contribution in [-0.4, -0.2) is 40.9 Å². The second-order valence-corrected chi connectivity index (χ2v) is 6.51. The number of aliphatic hydroxyl groups is 1. The zero-order valence-electron chi connectivity index (χ0n) is 16.0. The Bertz CT molecular complexity index is 1480. The molecular formula is C22H16N2O6. The van der Waals surface area contributed by atoms with Gasteiger partial charge in [0.2, 0.25) is 5.43 Å². The lowest BCUT2D eigenvalue weighted by atomic mass is 10.0. The van der Waals surface area contributed by atoms with Crippen LogP contribution in [0.15, 0.2) is 47.3 Å². The number of aromatic hydroxyl groups is 1. The number of fused-ring (bicyclic) bond motifs is 3. The minimum absolute atomic E-state index is 0.00230. The highest BCUT2D eigenvalue weighted by molar-refractivity contribution is 5.85. The first kappa shape index (κ1) is 19.1. The third-order valence-corrected chi connectivity index (χ3v) is 4.83. The molecule has 150 valence electrons. The highest BCUT2D eigenvalue weighted by Crippen LogP contribution is 2.31. The highest BCUT2D eigenvalue weighted by atomic mass is 16.5. The molecule has 2 aromatic carbocycles. The van der Waals surface area contributed by atoms with Crippen LogP contribution in [0.5, 0.6) is 17.2 Å². The molecule has 0 saturated carbocycles. The standard InChI is InChI=1S/C22H16N2O6/c1-29-17-7-12(10-25)14(8-16(17)26)21(27)15-9-18(30-2)22(28)20-19(15)11-4-3-5-13(6-11)23-24-20/h3-10,26-27H,1-2H3/b21-15-. The van der Waals surface area contributed by atoms with E-state index in [4.69, 9.17) is 9.47 Å². The molecule has 0 spiro atoms. The summed E-state index contributed by atoms with van der Waals surface area (Å²) in [6.45, 7) is 0. The van der Waals surface area contributed by atoms with Crippen LogP contribution in [-0.2, 0) is 0 Å². The van der Waals surface area contributed by atoms with Gasteiger partial charge < -0.3 is 19.7 Å². The van der Waals surface area contributed by atoms with Gasteiger partial charge in [-0.05, 0) is 35.7 Å². The van der Waals surface area contributed by atoms with Gasteiger partial charge in [0, 0.05) is 21.6 Å². The number of aliphatic hydroxyl groups excluding tert-OH is 1. The van der Waals surface area contributed by atoms with Crippen LogP contribution in [0.2, 0.25) is 0 Å². The fraction of sp³-hybridized carbons (Fsp3) is 0.0909. The second-order valence-electron chi connectivity index (χ2n) is 6.51. The zero-order chi connectivity index (χ0) is 21.4. The van der Waals surface area contributed by atoms with Gasteiger partial charge in [0.05, 0.1) is 19.7 Å². The van der Waals surface area contributed by atoms with Gasteiger partial charge in [0.25, 0.3) is 0 Å². The smallest absolute Gasteiger partial charge is 0.248 e. The number of phenolic OH excluding ortho intramolecular Hbond substituents is 1. The topological polar surface area (TPSA) is 119 Å². The summed E-state index contributed by atoms with van der Waals surface area (Å²) < 4.78 is 10.2. The Morgan fingerprint density at radius 1 is 1.03 bits per heavy atom. The first-order valence-corrected chi connectivity index (χ1v) is 8.85. The number of hydrogen-bond acceptors (Lipinski definition) is 8. The number of aldehydes is 1.